The van der Waals surface area contributed by atoms with Crippen LogP contribution in [-0.4, -0.2) is 49.7 Å². The van der Waals surface area contributed by atoms with Gasteiger partial charge in [0.1, 0.15) is 0 Å². The Kier molecular flexibility index (Phi) is 26.4. The van der Waals surface area contributed by atoms with Crippen LogP contribution in [0, 0.1) is 0 Å². The lowest BCUT2D eigenvalue weighted by Gasteiger charge is -2.20. The average Bonchev–Trinajstić information content (AvgIpc) is 2.82. The molecule has 0 amide bonds. The molecule has 0 saturated heterocycles. The van der Waals surface area contributed by atoms with Crippen molar-refractivity contribution in [2.45, 2.75) is 155 Å². The molecule has 5 heteroatoms. The first kappa shape index (κ1) is 33.4. The van der Waals surface area contributed by atoms with Crippen molar-refractivity contribution >= 4 is 5.97 Å². The van der Waals surface area contributed by atoms with Crippen LogP contribution in [0.15, 0.2) is 0 Å². The second kappa shape index (κ2) is 26.9. The molecule has 2 unspecified atom stereocenters. The van der Waals surface area contributed by atoms with Crippen molar-refractivity contribution in [1.29, 1.82) is 0 Å². The van der Waals surface area contributed by atoms with Gasteiger partial charge in [0.2, 0.25) is 0 Å². The lowest BCUT2D eigenvalue weighted by molar-refractivity contribution is -0.138. The van der Waals surface area contributed by atoms with Crippen LogP contribution >= 0.6 is 0 Å². The van der Waals surface area contributed by atoms with Crippen LogP contribution in [0.25, 0.3) is 0 Å². The molecule has 0 bridgehead atoms. The van der Waals surface area contributed by atoms with Crippen LogP contribution < -0.4 is 0 Å². The van der Waals surface area contributed by atoms with Gasteiger partial charge in [-0.3, -0.25) is 4.79 Å². The molecule has 0 aromatic carbocycles. The minimum atomic E-state index is -0.819. The predicted molar refractivity (Wildman–Crippen MR) is 143 cm³/mol. The number of hydrogen-bond donors (Lipinski definition) is 1. The molecule has 0 rings (SSSR count). The molecule has 0 heterocycles. The number of carbonyl (C=O) groups is 1. The van der Waals surface area contributed by atoms with Crippen LogP contribution in [0.1, 0.15) is 143 Å². The standard InChI is InChI=1S/C29H58O5/c1-4-6-7-8-9-10-11-12-13-14-15-16-17-18-19-20-22-32-24-25-33-27(3)26-28(5-2)34-23-21-29(30)31/h27-28H,4-26H2,1-3H3,(H,30,31). The molecular formula is C29H58O5. The summed E-state index contributed by atoms with van der Waals surface area (Å²) in [4.78, 5) is 10.6. The quantitative estimate of drug-likeness (QED) is 0.113. The summed E-state index contributed by atoms with van der Waals surface area (Å²) in [5, 5.41) is 8.69. The van der Waals surface area contributed by atoms with Crippen molar-refractivity contribution in [3.8, 4) is 0 Å². The van der Waals surface area contributed by atoms with Gasteiger partial charge >= 0.3 is 5.97 Å². The van der Waals surface area contributed by atoms with Crippen molar-refractivity contribution in [3.63, 3.8) is 0 Å². The molecule has 0 spiro atoms. The minimum absolute atomic E-state index is 0.0545. The molecule has 0 aliphatic rings. The number of rotatable bonds is 28. The van der Waals surface area contributed by atoms with Gasteiger partial charge in [0.25, 0.3) is 0 Å². The number of aliphatic carboxylic acids is 1. The predicted octanol–water partition coefficient (Wildman–Crippen LogP) is 8.33. The number of ether oxygens (including phenoxy) is 3. The van der Waals surface area contributed by atoms with E-state index in [1.807, 2.05) is 6.92 Å². The highest BCUT2D eigenvalue weighted by molar-refractivity contribution is 5.66. The summed E-state index contributed by atoms with van der Waals surface area (Å²) in [5.74, 6) is -0.819. The highest BCUT2D eigenvalue weighted by Crippen LogP contribution is 2.14. The van der Waals surface area contributed by atoms with Crippen LogP contribution in [-0.2, 0) is 19.0 Å². The molecule has 0 aromatic rings. The van der Waals surface area contributed by atoms with E-state index in [0.29, 0.717) is 13.2 Å². The third-order valence-electron chi connectivity index (χ3n) is 6.49. The van der Waals surface area contributed by atoms with Crippen LogP contribution in [0.3, 0.4) is 0 Å². The molecule has 0 saturated carbocycles. The van der Waals surface area contributed by atoms with Crippen molar-refractivity contribution < 1.29 is 24.1 Å². The highest BCUT2D eigenvalue weighted by Gasteiger charge is 2.13. The fraction of sp³-hybridized carbons (Fsp3) is 0.966. The van der Waals surface area contributed by atoms with Gasteiger partial charge in [0.15, 0.2) is 0 Å². The molecule has 1 N–H and O–H groups in total. The Morgan fingerprint density at radius 1 is 0.647 bits per heavy atom. The zero-order valence-corrected chi connectivity index (χ0v) is 23.0. The Bertz CT molecular complexity index is 415. The Balaban J connectivity index is 3.28. The summed E-state index contributed by atoms with van der Waals surface area (Å²) in [6.07, 6.45) is 24.0. The fourth-order valence-corrected chi connectivity index (χ4v) is 4.27. The molecule has 0 radical (unpaired) electrons. The van der Waals surface area contributed by atoms with E-state index in [-0.39, 0.29) is 25.2 Å². The van der Waals surface area contributed by atoms with Crippen molar-refractivity contribution in [1.82, 2.24) is 0 Å². The fourth-order valence-electron chi connectivity index (χ4n) is 4.27. The van der Waals surface area contributed by atoms with E-state index >= 15 is 0 Å². The third kappa shape index (κ3) is 26.0. The summed E-state index contributed by atoms with van der Waals surface area (Å²) in [7, 11) is 0. The van der Waals surface area contributed by atoms with Gasteiger partial charge in [-0.2, -0.15) is 0 Å². The van der Waals surface area contributed by atoms with E-state index in [2.05, 4.69) is 13.8 Å². The Hall–Kier alpha value is -0.650. The molecule has 0 aliphatic carbocycles. The third-order valence-corrected chi connectivity index (χ3v) is 6.49. The zero-order chi connectivity index (χ0) is 25.1. The second-order valence-corrected chi connectivity index (χ2v) is 9.88. The molecule has 204 valence electrons. The van der Waals surface area contributed by atoms with E-state index < -0.39 is 5.97 Å². The van der Waals surface area contributed by atoms with Gasteiger partial charge in [-0.25, -0.2) is 0 Å². The maximum absolute atomic E-state index is 10.6. The Morgan fingerprint density at radius 2 is 1.15 bits per heavy atom. The Labute approximate surface area is 211 Å². The van der Waals surface area contributed by atoms with E-state index in [1.165, 1.54) is 96.3 Å². The van der Waals surface area contributed by atoms with E-state index in [1.54, 1.807) is 0 Å². The first-order chi connectivity index (χ1) is 16.6. The summed E-state index contributed by atoms with van der Waals surface area (Å²) in [6, 6.07) is 0. The number of hydrogen-bond acceptors (Lipinski definition) is 4. The summed E-state index contributed by atoms with van der Waals surface area (Å²) >= 11 is 0. The van der Waals surface area contributed by atoms with Crippen molar-refractivity contribution in [3.05, 3.63) is 0 Å². The normalized spacial score (nSPS) is 13.3. The maximum Gasteiger partial charge on any atom is 0.305 e. The molecule has 0 fully saturated rings. The van der Waals surface area contributed by atoms with Crippen LogP contribution in [0.2, 0.25) is 0 Å². The second-order valence-electron chi connectivity index (χ2n) is 9.88. The van der Waals surface area contributed by atoms with Gasteiger partial charge in [0.05, 0.1) is 38.4 Å². The van der Waals surface area contributed by atoms with Gasteiger partial charge in [-0.05, 0) is 26.2 Å². The first-order valence-electron chi connectivity index (χ1n) is 14.6. The number of unbranched alkanes of at least 4 members (excludes halogenated alkanes) is 15. The van der Waals surface area contributed by atoms with E-state index in [0.717, 1.165) is 25.9 Å². The molecule has 34 heavy (non-hydrogen) atoms. The molecule has 5 nitrogen and oxygen atoms in total. The largest absolute Gasteiger partial charge is 0.481 e. The molecule has 0 aromatic heterocycles. The maximum atomic E-state index is 10.6. The van der Waals surface area contributed by atoms with Gasteiger partial charge in [0, 0.05) is 6.61 Å². The SMILES string of the molecule is CCCCCCCCCCCCCCCCCCOCCOC(C)CC(CC)OCCC(=O)O. The molecule has 2 atom stereocenters. The average molecular weight is 487 g/mol. The lowest BCUT2D eigenvalue weighted by atomic mass is 10.0. The zero-order valence-electron chi connectivity index (χ0n) is 23.0. The monoisotopic (exact) mass is 486 g/mol. The summed E-state index contributed by atoms with van der Waals surface area (Å²) in [6.45, 7) is 8.71. The van der Waals surface area contributed by atoms with Gasteiger partial charge < -0.3 is 19.3 Å². The van der Waals surface area contributed by atoms with Gasteiger partial charge in [-0.15, -0.1) is 0 Å². The first-order valence-corrected chi connectivity index (χ1v) is 14.6. The van der Waals surface area contributed by atoms with Gasteiger partial charge in [-0.1, -0.05) is 110 Å². The van der Waals surface area contributed by atoms with Crippen molar-refractivity contribution in [2.24, 2.45) is 0 Å². The Morgan fingerprint density at radius 3 is 1.62 bits per heavy atom. The minimum Gasteiger partial charge on any atom is -0.481 e. The molecular weight excluding hydrogens is 428 g/mol. The van der Waals surface area contributed by atoms with E-state index in [4.69, 9.17) is 19.3 Å². The van der Waals surface area contributed by atoms with Crippen LogP contribution in [0.5, 0.6) is 0 Å². The van der Waals surface area contributed by atoms with Crippen molar-refractivity contribution in [2.75, 3.05) is 26.4 Å². The number of carboxylic acids is 1. The smallest absolute Gasteiger partial charge is 0.305 e. The van der Waals surface area contributed by atoms with E-state index in [9.17, 15) is 4.79 Å². The van der Waals surface area contributed by atoms with Crippen LogP contribution in [0.4, 0.5) is 0 Å². The lowest BCUT2D eigenvalue weighted by Crippen LogP contribution is -2.23. The summed E-state index contributed by atoms with van der Waals surface area (Å²) < 4.78 is 17.1. The molecule has 0 aliphatic heterocycles. The topological polar surface area (TPSA) is 65.0 Å². The summed E-state index contributed by atoms with van der Waals surface area (Å²) in [5.41, 5.74) is 0. The highest BCUT2D eigenvalue weighted by atomic mass is 16.5. The number of carboxylic acid groups (broad SMARTS) is 1.